The van der Waals surface area contributed by atoms with E-state index in [1.165, 1.54) is 15.8 Å². The lowest BCUT2D eigenvalue weighted by Gasteiger charge is -2.07. The van der Waals surface area contributed by atoms with Crippen molar-refractivity contribution >= 4 is 22.7 Å². The summed E-state index contributed by atoms with van der Waals surface area (Å²) in [6.45, 7) is 1.88. The molecule has 0 aliphatic carbocycles. The Morgan fingerprint density at radius 3 is 2.62 bits per heavy atom. The maximum absolute atomic E-state index is 4.39. The molecule has 0 fully saturated rings. The van der Waals surface area contributed by atoms with Crippen molar-refractivity contribution in [3.8, 4) is 0 Å². The minimum Gasteiger partial charge on any atom is -0.312 e. The van der Waals surface area contributed by atoms with Crippen molar-refractivity contribution < 1.29 is 0 Å². The van der Waals surface area contributed by atoms with Crippen molar-refractivity contribution in [3.63, 3.8) is 0 Å². The SMILES string of the molecule is c1ccc(SCCNCc2ccnc3ccccc23)cc1. The first kappa shape index (κ1) is 14.1. The van der Waals surface area contributed by atoms with Gasteiger partial charge >= 0.3 is 0 Å². The highest BCUT2D eigenvalue weighted by Crippen LogP contribution is 2.17. The third kappa shape index (κ3) is 3.84. The fourth-order valence-electron chi connectivity index (χ4n) is 2.29. The number of thioether (sulfide) groups is 1. The second kappa shape index (κ2) is 7.25. The van der Waals surface area contributed by atoms with Gasteiger partial charge in [-0.25, -0.2) is 0 Å². The first-order valence-electron chi connectivity index (χ1n) is 7.15. The van der Waals surface area contributed by atoms with Gasteiger partial charge in [-0.15, -0.1) is 11.8 Å². The summed E-state index contributed by atoms with van der Waals surface area (Å²) < 4.78 is 0. The maximum Gasteiger partial charge on any atom is 0.0705 e. The standard InChI is InChI=1S/C18H18N2S/c1-2-6-16(7-3-1)21-13-12-19-14-15-10-11-20-18-9-5-4-8-17(15)18/h1-11,19H,12-14H2. The Kier molecular flexibility index (Phi) is 4.87. The molecule has 0 saturated heterocycles. The summed E-state index contributed by atoms with van der Waals surface area (Å²) in [6.07, 6.45) is 1.89. The Morgan fingerprint density at radius 2 is 1.71 bits per heavy atom. The van der Waals surface area contributed by atoms with Crippen molar-refractivity contribution in [1.82, 2.24) is 10.3 Å². The number of pyridine rings is 1. The summed E-state index contributed by atoms with van der Waals surface area (Å²) in [5, 5.41) is 4.75. The third-order valence-corrected chi connectivity index (χ3v) is 4.36. The molecule has 2 aromatic carbocycles. The molecule has 0 atom stereocenters. The highest BCUT2D eigenvalue weighted by atomic mass is 32.2. The molecule has 106 valence electrons. The molecule has 1 heterocycles. The molecule has 1 N–H and O–H groups in total. The zero-order valence-corrected chi connectivity index (χ0v) is 12.6. The van der Waals surface area contributed by atoms with E-state index in [2.05, 4.69) is 64.9 Å². The number of nitrogens with zero attached hydrogens (tertiary/aromatic N) is 1. The maximum atomic E-state index is 4.39. The number of para-hydroxylation sites is 1. The minimum absolute atomic E-state index is 0.887. The van der Waals surface area contributed by atoms with Gasteiger partial charge in [0.15, 0.2) is 0 Å². The molecule has 0 aliphatic rings. The van der Waals surface area contributed by atoms with Crippen molar-refractivity contribution in [2.24, 2.45) is 0 Å². The number of rotatable bonds is 6. The molecule has 21 heavy (non-hydrogen) atoms. The van der Waals surface area contributed by atoms with Crippen LogP contribution in [0, 0.1) is 0 Å². The predicted molar refractivity (Wildman–Crippen MR) is 90.6 cm³/mol. The zero-order valence-electron chi connectivity index (χ0n) is 11.8. The van der Waals surface area contributed by atoms with E-state index in [1.54, 1.807) is 0 Å². The van der Waals surface area contributed by atoms with E-state index >= 15 is 0 Å². The fraction of sp³-hybridized carbons (Fsp3) is 0.167. The van der Waals surface area contributed by atoms with E-state index in [0.717, 1.165) is 24.4 Å². The van der Waals surface area contributed by atoms with Crippen LogP contribution in [0.2, 0.25) is 0 Å². The summed E-state index contributed by atoms with van der Waals surface area (Å²) in [4.78, 5) is 5.72. The average molecular weight is 294 g/mol. The second-order valence-electron chi connectivity index (χ2n) is 4.83. The highest BCUT2D eigenvalue weighted by molar-refractivity contribution is 7.99. The molecule has 0 spiro atoms. The number of nitrogens with one attached hydrogen (secondary N) is 1. The lowest BCUT2D eigenvalue weighted by molar-refractivity contribution is 0.735. The van der Waals surface area contributed by atoms with Gasteiger partial charge in [-0.05, 0) is 29.8 Å². The largest absolute Gasteiger partial charge is 0.312 e. The molecular weight excluding hydrogens is 276 g/mol. The topological polar surface area (TPSA) is 24.9 Å². The van der Waals surface area contributed by atoms with Crippen LogP contribution in [0.1, 0.15) is 5.56 Å². The number of hydrogen-bond acceptors (Lipinski definition) is 3. The van der Waals surface area contributed by atoms with Gasteiger partial charge in [0.2, 0.25) is 0 Å². The molecule has 0 amide bonds. The monoisotopic (exact) mass is 294 g/mol. The first-order chi connectivity index (χ1) is 10.4. The molecule has 3 aromatic rings. The smallest absolute Gasteiger partial charge is 0.0705 e. The second-order valence-corrected chi connectivity index (χ2v) is 5.99. The molecule has 0 aliphatic heterocycles. The molecular formula is C18H18N2S. The zero-order chi connectivity index (χ0) is 14.3. The van der Waals surface area contributed by atoms with Crippen LogP contribution in [0.15, 0.2) is 71.8 Å². The van der Waals surface area contributed by atoms with Crippen LogP contribution in [0.5, 0.6) is 0 Å². The van der Waals surface area contributed by atoms with E-state index < -0.39 is 0 Å². The van der Waals surface area contributed by atoms with Crippen LogP contribution in [-0.4, -0.2) is 17.3 Å². The van der Waals surface area contributed by atoms with Gasteiger partial charge in [-0.2, -0.15) is 0 Å². The molecule has 3 heteroatoms. The van der Waals surface area contributed by atoms with Gasteiger partial charge in [-0.1, -0.05) is 36.4 Å². The number of fused-ring (bicyclic) bond motifs is 1. The van der Waals surface area contributed by atoms with Gasteiger partial charge in [0, 0.05) is 35.3 Å². The lowest BCUT2D eigenvalue weighted by atomic mass is 10.1. The van der Waals surface area contributed by atoms with Gasteiger partial charge in [-0.3, -0.25) is 4.98 Å². The number of benzene rings is 2. The van der Waals surface area contributed by atoms with Gasteiger partial charge in [0.05, 0.1) is 5.52 Å². The Morgan fingerprint density at radius 1 is 0.905 bits per heavy atom. The molecule has 0 unspecified atom stereocenters. The minimum atomic E-state index is 0.887. The molecule has 3 rings (SSSR count). The Balaban J connectivity index is 1.51. The highest BCUT2D eigenvalue weighted by Gasteiger charge is 2.00. The summed E-state index contributed by atoms with van der Waals surface area (Å²) in [6, 6.07) is 20.9. The van der Waals surface area contributed by atoms with Crippen LogP contribution in [0.25, 0.3) is 10.9 Å². The Hall–Kier alpha value is -1.84. The van der Waals surface area contributed by atoms with Crippen LogP contribution >= 0.6 is 11.8 Å². The van der Waals surface area contributed by atoms with E-state index in [9.17, 15) is 0 Å². The summed E-state index contributed by atoms with van der Waals surface area (Å²) in [7, 11) is 0. The van der Waals surface area contributed by atoms with Crippen LogP contribution in [-0.2, 0) is 6.54 Å². The van der Waals surface area contributed by atoms with E-state index in [4.69, 9.17) is 0 Å². The Labute approximate surface area is 129 Å². The van der Waals surface area contributed by atoms with Crippen molar-refractivity contribution in [3.05, 3.63) is 72.4 Å². The number of aromatic nitrogens is 1. The Bertz CT molecular complexity index is 692. The fourth-order valence-corrected chi connectivity index (χ4v) is 3.12. The van der Waals surface area contributed by atoms with Crippen LogP contribution in [0.4, 0.5) is 0 Å². The molecule has 0 radical (unpaired) electrons. The summed E-state index contributed by atoms with van der Waals surface area (Å²) in [5.74, 6) is 1.08. The lowest BCUT2D eigenvalue weighted by Crippen LogP contribution is -2.16. The van der Waals surface area contributed by atoms with Gasteiger partial charge < -0.3 is 5.32 Å². The van der Waals surface area contributed by atoms with Gasteiger partial charge in [0.25, 0.3) is 0 Å². The van der Waals surface area contributed by atoms with Crippen molar-refractivity contribution in [2.75, 3.05) is 12.3 Å². The average Bonchev–Trinajstić information content (AvgIpc) is 2.56. The third-order valence-electron chi connectivity index (χ3n) is 3.35. The van der Waals surface area contributed by atoms with E-state index in [1.807, 2.05) is 24.0 Å². The van der Waals surface area contributed by atoms with Crippen LogP contribution in [0.3, 0.4) is 0 Å². The molecule has 0 bridgehead atoms. The first-order valence-corrected chi connectivity index (χ1v) is 8.13. The normalized spacial score (nSPS) is 10.9. The van der Waals surface area contributed by atoms with E-state index in [-0.39, 0.29) is 0 Å². The molecule has 0 saturated carbocycles. The van der Waals surface area contributed by atoms with Crippen molar-refractivity contribution in [2.45, 2.75) is 11.4 Å². The van der Waals surface area contributed by atoms with Gasteiger partial charge in [0.1, 0.15) is 0 Å². The summed E-state index contributed by atoms with van der Waals surface area (Å²) >= 11 is 1.88. The van der Waals surface area contributed by atoms with Crippen LogP contribution < -0.4 is 5.32 Å². The summed E-state index contributed by atoms with van der Waals surface area (Å²) in [5.41, 5.74) is 2.38. The molecule has 1 aromatic heterocycles. The molecule has 2 nitrogen and oxygen atoms in total. The quantitative estimate of drug-likeness (QED) is 0.547. The van der Waals surface area contributed by atoms with E-state index in [0.29, 0.717) is 0 Å². The van der Waals surface area contributed by atoms with Crippen molar-refractivity contribution in [1.29, 1.82) is 0 Å². The number of hydrogen-bond donors (Lipinski definition) is 1. The predicted octanol–water partition coefficient (Wildman–Crippen LogP) is 4.12.